The Hall–Kier alpha value is -2.61. The molecule has 0 saturated heterocycles. The SMILES string of the molecule is Oc1c(/C=N/c2ccccc2)cccc1C1C=CC=C1. The van der Waals surface area contributed by atoms with Gasteiger partial charge in [-0.3, -0.25) is 4.99 Å². The first kappa shape index (κ1) is 12.4. The molecule has 3 rings (SSSR count). The van der Waals surface area contributed by atoms with Gasteiger partial charge in [0.25, 0.3) is 0 Å². The topological polar surface area (TPSA) is 32.6 Å². The van der Waals surface area contributed by atoms with Crippen molar-refractivity contribution in [1.29, 1.82) is 0 Å². The second-order valence-electron chi connectivity index (χ2n) is 4.67. The highest BCUT2D eigenvalue weighted by Crippen LogP contribution is 2.32. The summed E-state index contributed by atoms with van der Waals surface area (Å²) in [6.07, 6.45) is 9.82. The second-order valence-corrected chi connectivity index (χ2v) is 4.67. The number of phenolic OH excluding ortho intramolecular Hbond substituents is 1. The number of nitrogens with zero attached hydrogens (tertiary/aromatic N) is 1. The van der Waals surface area contributed by atoms with Crippen molar-refractivity contribution in [2.75, 3.05) is 0 Å². The molecule has 98 valence electrons. The van der Waals surface area contributed by atoms with Gasteiger partial charge >= 0.3 is 0 Å². The molecule has 0 spiro atoms. The number of aliphatic imine (C=N–C) groups is 1. The number of hydrogen-bond acceptors (Lipinski definition) is 2. The van der Waals surface area contributed by atoms with Crippen LogP contribution >= 0.6 is 0 Å². The fourth-order valence-electron chi connectivity index (χ4n) is 2.25. The molecule has 0 heterocycles. The van der Waals surface area contributed by atoms with E-state index in [-0.39, 0.29) is 5.92 Å². The highest BCUT2D eigenvalue weighted by atomic mass is 16.3. The number of para-hydroxylation sites is 2. The van der Waals surface area contributed by atoms with Crippen LogP contribution in [0.15, 0.2) is 77.8 Å². The predicted octanol–water partition coefficient (Wildman–Crippen LogP) is 4.35. The summed E-state index contributed by atoms with van der Waals surface area (Å²) in [5.41, 5.74) is 2.52. The molecule has 0 fully saturated rings. The number of aromatic hydroxyl groups is 1. The normalized spacial score (nSPS) is 14.4. The number of benzene rings is 2. The predicted molar refractivity (Wildman–Crippen MR) is 82.8 cm³/mol. The quantitative estimate of drug-likeness (QED) is 0.818. The minimum atomic E-state index is 0.153. The van der Waals surface area contributed by atoms with Gasteiger partial charge in [0.2, 0.25) is 0 Å². The van der Waals surface area contributed by atoms with E-state index in [0.717, 1.165) is 16.8 Å². The average Bonchev–Trinajstić information content (AvgIpc) is 3.01. The first-order chi connectivity index (χ1) is 9.84. The van der Waals surface area contributed by atoms with Gasteiger partial charge in [-0.05, 0) is 18.2 Å². The fourth-order valence-corrected chi connectivity index (χ4v) is 2.25. The molecule has 0 saturated carbocycles. The zero-order valence-corrected chi connectivity index (χ0v) is 11.0. The summed E-state index contributed by atoms with van der Waals surface area (Å²) in [4.78, 5) is 4.38. The zero-order chi connectivity index (χ0) is 13.8. The molecular formula is C18H15NO. The highest BCUT2D eigenvalue weighted by Gasteiger charge is 2.13. The Labute approximate surface area is 118 Å². The highest BCUT2D eigenvalue weighted by molar-refractivity contribution is 5.86. The van der Waals surface area contributed by atoms with Crippen molar-refractivity contribution in [3.63, 3.8) is 0 Å². The van der Waals surface area contributed by atoms with Crippen LogP contribution in [0.1, 0.15) is 17.0 Å². The molecule has 1 aliphatic carbocycles. The van der Waals surface area contributed by atoms with Crippen molar-refractivity contribution >= 4 is 11.9 Å². The Morgan fingerprint density at radius 3 is 2.40 bits per heavy atom. The number of hydrogen-bond donors (Lipinski definition) is 1. The largest absolute Gasteiger partial charge is 0.507 e. The Bertz CT molecular complexity index is 672. The lowest BCUT2D eigenvalue weighted by atomic mass is 9.97. The maximum atomic E-state index is 10.4. The third-order valence-corrected chi connectivity index (χ3v) is 3.31. The molecule has 2 aromatic rings. The first-order valence-corrected chi connectivity index (χ1v) is 6.60. The summed E-state index contributed by atoms with van der Waals surface area (Å²) >= 11 is 0. The molecular weight excluding hydrogens is 246 g/mol. The summed E-state index contributed by atoms with van der Waals surface area (Å²) in [7, 11) is 0. The van der Waals surface area contributed by atoms with E-state index in [0.29, 0.717) is 5.75 Å². The minimum absolute atomic E-state index is 0.153. The molecule has 0 aromatic heterocycles. The van der Waals surface area contributed by atoms with Gasteiger partial charge in [-0.15, -0.1) is 0 Å². The molecule has 0 atom stereocenters. The molecule has 0 bridgehead atoms. The minimum Gasteiger partial charge on any atom is -0.507 e. The molecule has 1 N–H and O–H groups in total. The first-order valence-electron chi connectivity index (χ1n) is 6.60. The molecule has 0 aliphatic heterocycles. The van der Waals surface area contributed by atoms with Gasteiger partial charge in [0.15, 0.2) is 0 Å². The lowest BCUT2D eigenvalue weighted by molar-refractivity contribution is 0.467. The van der Waals surface area contributed by atoms with E-state index in [9.17, 15) is 5.11 Å². The third-order valence-electron chi connectivity index (χ3n) is 3.31. The lowest BCUT2D eigenvalue weighted by Crippen LogP contribution is -1.93. The van der Waals surface area contributed by atoms with Crippen molar-refractivity contribution in [2.45, 2.75) is 5.92 Å². The van der Waals surface area contributed by atoms with Gasteiger partial charge in [0.05, 0.1) is 5.69 Å². The number of allylic oxidation sites excluding steroid dienone is 4. The van der Waals surface area contributed by atoms with Gasteiger partial charge in [0, 0.05) is 23.3 Å². The van der Waals surface area contributed by atoms with Crippen LogP contribution in [0.3, 0.4) is 0 Å². The second kappa shape index (κ2) is 5.57. The maximum absolute atomic E-state index is 10.4. The van der Waals surface area contributed by atoms with Crippen LogP contribution in [-0.2, 0) is 0 Å². The van der Waals surface area contributed by atoms with Crippen LogP contribution in [0.5, 0.6) is 5.75 Å². The average molecular weight is 261 g/mol. The van der Waals surface area contributed by atoms with Crippen molar-refractivity contribution in [3.8, 4) is 5.75 Å². The Morgan fingerprint density at radius 1 is 0.900 bits per heavy atom. The summed E-state index contributed by atoms with van der Waals surface area (Å²) in [6, 6.07) is 15.5. The summed E-state index contributed by atoms with van der Waals surface area (Å²) in [5, 5.41) is 10.4. The fraction of sp³-hybridized carbons (Fsp3) is 0.0556. The van der Waals surface area contributed by atoms with Crippen molar-refractivity contribution in [3.05, 3.63) is 84.0 Å². The molecule has 2 nitrogen and oxygen atoms in total. The van der Waals surface area contributed by atoms with E-state index >= 15 is 0 Å². The summed E-state index contributed by atoms with van der Waals surface area (Å²) in [5.74, 6) is 0.452. The van der Waals surface area contributed by atoms with Crippen molar-refractivity contribution < 1.29 is 5.11 Å². The van der Waals surface area contributed by atoms with Crippen LogP contribution in [0, 0.1) is 0 Å². The van der Waals surface area contributed by atoms with E-state index in [1.807, 2.05) is 60.7 Å². The van der Waals surface area contributed by atoms with Gasteiger partial charge in [-0.25, -0.2) is 0 Å². The van der Waals surface area contributed by atoms with E-state index in [4.69, 9.17) is 0 Å². The van der Waals surface area contributed by atoms with Gasteiger partial charge < -0.3 is 5.11 Å². The van der Waals surface area contributed by atoms with Crippen molar-refractivity contribution in [2.24, 2.45) is 4.99 Å². The van der Waals surface area contributed by atoms with E-state index in [1.165, 1.54) is 0 Å². The lowest BCUT2D eigenvalue weighted by Gasteiger charge is -2.10. The summed E-state index contributed by atoms with van der Waals surface area (Å²) < 4.78 is 0. The van der Waals surface area contributed by atoms with Crippen LogP contribution in [0.2, 0.25) is 0 Å². The molecule has 20 heavy (non-hydrogen) atoms. The van der Waals surface area contributed by atoms with E-state index < -0.39 is 0 Å². The number of rotatable bonds is 3. The maximum Gasteiger partial charge on any atom is 0.128 e. The monoisotopic (exact) mass is 261 g/mol. The van der Waals surface area contributed by atoms with Gasteiger partial charge in [-0.1, -0.05) is 54.6 Å². The van der Waals surface area contributed by atoms with Crippen LogP contribution in [0.4, 0.5) is 5.69 Å². The Balaban J connectivity index is 1.91. The van der Waals surface area contributed by atoms with Crippen molar-refractivity contribution in [1.82, 2.24) is 0 Å². The smallest absolute Gasteiger partial charge is 0.128 e. The molecule has 0 unspecified atom stereocenters. The van der Waals surface area contributed by atoms with Crippen LogP contribution < -0.4 is 0 Å². The van der Waals surface area contributed by atoms with Gasteiger partial charge in [-0.2, -0.15) is 0 Å². The molecule has 0 radical (unpaired) electrons. The Morgan fingerprint density at radius 2 is 1.65 bits per heavy atom. The van der Waals surface area contributed by atoms with E-state index in [1.54, 1.807) is 6.21 Å². The molecule has 1 aliphatic rings. The van der Waals surface area contributed by atoms with Crippen LogP contribution in [-0.4, -0.2) is 11.3 Å². The molecule has 2 aromatic carbocycles. The standard InChI is InChI=1S/C18H15NO/c20-18-15(13-19-16-10-2-1-3-11-16)9-6-12-17(18)14-7-4-5-8-14/h1-14,20H/b19-13+. The third kappa shape index (κ3) is 2.54. The zero-order valence-electron chi connectivity index (χ0n) is 11.0. The van der Waals surface area contributed by atoms with Crippen LogP contribution in [0.25, 0.3) is 0 Å². The summed E-state index contributed by atoms with van der Waals surface area (Å²) in [6.45, 7) is 0. The van der Waals surface area contributed by atoms with E-state index in [2.05, 4.69) is 17.1 Å². The Kier molecular flexibility index (Phi) is 3.46. The molecule has 2 heteroatoms. The molecule has 0 amide bonds. The van der Waals surface area contributed by atoms with Gasteiger partial charge in [0.1, 0.15) is 5.75 Å². The number of phenols is 1.